The quantitative estimate of drug-likeness (QED) is 0.338. The third kappa shape index (κ3) is 2.44. The maximum atomic E-state index is 11.3. The highest BCUT2D eigenvalue weighted by molar-refractivity contribution is 5.82. The molecule has 0 amide bonds. The van der Waals surface area contributed by atoms with E-state index >= 15 is 0 Å². The van der Waals surface area contributed by atoms with Crippen molar-refractivity contribution in [3.8, 4) is 28.2 Å². The Morgan fingerprint density at radius 1 is 0.926 bits per heavy atom. The van der Waals surface area contributed by atoms with E-state index in [1.807, 2.05) is 53.2 Å². The van der Waals surface area contributed by atoms with Crippen LogP contribution < -0.4 is 0 Å². The predicted molar refractivity (Wildman–Crippen MR) is 104 cm³/mol. The Morgan fingerprint density at radius 3 is 2.52 bits per heavy atom. The van der Waals surface area contributed by atoms with Crippen molar-refractivity contribution in [2.45, 2.75) is 6.42 Å². The summed E-state index contributed by atoms with van der Waals surface area (Å²) in [6.07, 6.45) is 0.774. The number of non-ortho nitro benzene ring substituents is 1. The molecule has 4 aromatic rings. The van der Waals surface area contributed by atoms with Gasteiger partial charge in [0.25, 0.3) is 5.69 Å². The highest BCUT2D eigenvalue weighted by Crippen LogP contribution is 2.42. The summed E-state index contributed by atoms with van der Waals surface area (Å²) in [5, 5.41) is 16.2. The molecular formula is C22H15N3O2. The SMILES string of the molecule is O=[N+]([O-])c1cccc(-c2c3c(nn2-c2ccccc2)-c2ccccc2C3)c1. The van der Waals surface area contributed by atoms with Crippen LogP contribution in [0, 0.1) is 10.1 Å². The lowest BCUT2D eigenvalue weighted by molar-refractivity contribution is -0.384. The van der Waals surface area contributed by atoms with Crippen molar-refractivity contribution in [2.24, 2.45) is 0 Å². The second kappa shape index (κ2) is 5.92. The topological polar surface area (TPSA) is 61.0 Å². The summed E-state index contributed by atoms with van der Waals surface area (Å²) < 4.78 is 1.90. The van der Waals surface area contributed by atoms with Crippen LogP contribution in [0.5, 0.6) is 0 Å². The molecule has 0 saturated heterocycles. The van der Waals surface area contributed by atoms with Gasteiger partial charge in [0.1, 0.15) is 0 Å². The van der Waals surface area contributed by atoms with E-state index in [9.17, 15) is 10.1 Å². The molecule has 0 spiro atoms. The van der Waals surface area contributed by atoms with Gasteiger partial charge in [0.15, 0.2) is 0 Å². The van der Waals surface area contributed by atoms with Crippen LogP contribution in [0.3, 0.4) is 0 Å². The molecule has 1 heterocycles. The Kier molecular flexibility index (Phi) is 3.40. The normalized spacial score (nSPS) is 11.9. The van der Waals surface area contributed by atoms with E-state index in [-0.39, 0.29) is 10.6 Å². The molecule has 0 saturated carbocycles. The molecule has 130 valence electrons. The van der Waals surface area contributed by atoms with Gasteiger partial charge in [0.2, 0.25) is 0 Å². The summed E-state index contributed by atoms with van der Waals surface area (Å²) in [6.45, 7) is 0. The van der Waals surface area contributed by atoms with Gasteiger partial charge in [0, 0.05) is 35.2 Å². The van der Waals surface area contributed by atoms with Crippen molar-refractivity contribution in [2.75, 3.05) is 0 Å². The average Bonchev–Trinajstić information content (AvgIpc) is 3.25. The predicted octanol–water partition coefficient (Wildman–Crippen LogP) is 5.02. The van der Waals surface area contributed by atoms with Gasteiger partial charge in [0.05, 0.1) is 22.0 Å². The summed E-state index contributed by atoms with van der Waals surface area (Å²) in [6, 6.07) is 24.9. The van der Waals surface area contributed by atoms with E-state index in [0.29, 0.717) is 0 Å². The number of nitro benzene ring substituents is 1. The maximum Gasteiger partial charge on any atom is 0.270 e. The monoisotopic (exact) mass is 353 g/mol. The van der Waals surface area contributed by atoms with Crippen molar-refractivity contribution >= 4 is 5.69 Å². The van der Waals surface area contributed by atoms with Crippen LogP contribution in [-0.2, 0) is 6.42 Å². The number of fused-ring (bicyclic) bond motifs is 3. The van der Waals surface area contributed by atoms with Crippen LogP contribution in [0.15, 0.2) is 78.9 Å². The molecule has 5 heteroatoms. The van der Waals surface area contributed by atoms with Crippen molar-refractivity contribution in [3.63, 3.8) is 0 Å². The summed E-state index contributed by atoms with van der Waals surface area (Å²) in [7, 11) is 0. The molecule has 0 unspecified atom stereocenters. The lowest BCUT2D eigenvalue weighted by Crippen LogP contribution is -2.01. The van der Waals surface area contributed by atoms with Crippen LogP contribution in [0.2, 0.25) is 0 Å². The first kappa shape index (κ1) is 15.5. The molecule has 5 nitrogen and oxygen atoms in total. The summed E-state index contributed by atoms with van der Waals surface area (Å²) in [5.74, 6) is 0. The van der Waals surface area contributed by atoms with Gasteiger partial charge in [-0.3, -0.25) is 10.1 Å². The second-order valence-corrected chi connectivity index (χ2v) is 6.56. The molecule has 0 atom stereocenters. The molecule has 3 aromatic carbocycles. The zero-order valence-corrected chi connectivity index (χ0v) is 14.4. The van der Waals surface area contributed by atoms with Gasteiger partial charge in [-0.05, 0) is 17.7 Å². The van der Waals surface area contributed by atoms with E-state index in [1.54, 1.807) is 12.1 Å². The number of para-hydroxylation sites is 1. The molecule has 1 aliphatic rings. The fourth-order valence-electron chi connectivity index (χ4n) is 3.75. The number of hydrogen-bond donors (Lipinski definition) is 0. The third-order valence-corrected chi connectivity index (χ3v) is 4.95. The van der Waals surface area contributed by atoms with Gasteiger partial charge in [-0.1, -0.05) is 54.6 Å². The van der Waals surface area contributed by atoms with E-state index in [0.717, 1.165) is 40.2 Å². The molecule has 0 aliphatic heterocycles. The van der Waals surface area contributed by atoms with Crippen LogP contribution in [0.1, 0.15) is 11.1 Å². The molecule has 0 radical (unpaired) electrons. The van der Waals surface area contributed by atoms with E-state index < -0.39 is 0 Å². The largest absolute Gasteiger partial charge is 0.270 e. The highest BCUT2D eigenvalue weighted by atomic mass is 16.6. The lowest BCUT2D eigenvalue weighted by atomic mass is 10.0. The molecule has 0 bridgehead atoms. The molecule has 0 fully saturated rings. The fraction of sp³-hybridized carbons (Fsp3) is 0.0455. The third-order valence-electron chi connectivity index (χ3n) is 4.95. The fourth-order valence-corrected chi connectivity index (χ4v) is 3.75. The molecule has 0 N–H and O–H groups in total. The average molecular weight is 353 g/mol. The molecule has 5 rings (SSSR count). The number of nitro groups is 1. The summed E-state index contributed by atoms with van der Waals surface area (Å²) in [5.41, 5.74) is 7.17. The van der Waals surface area contributed by atoms with E-state index in [2.05, 4.69) is 12.1 Å². The Hall–Kier alpha value is -3.73. The van der Waals surface area contributed by atoms with Gasteiger partial charge in [-0.15, -0.1) is 0 Å². The maximum absolute atomic E-state index is 11.3. The first-order valence-corrected chi connectivity index (χ1v) is 8.73. The van der Waals surface area contributed by atoms with Crippen molar-refractivity contribution in [1.29, 1.82) is 0 Å². The van der Waals surface area contributed by atoms with E-state index in [1.165, 1.54) is 11.6 Å². The minimum atomic E-state index is -0.359. The minimum Gasteiger partial charge on any atom is -0.258 e. The van der Waals surface area contributed by atoms with Crippen LogP contribution in [0.4, 0.5) is 5.69 Å². The number of aromatic nitrogens is 2. The minimum absolute atomic E-state index is 0.0811. The number of nitrogens with zero attached hydrogens (tertiary/aromatic N) is 3. The van der Waals surface area contributed by atoms with Crippen molar-refractivity contribution in [1.82, 2.24) is 9.78 Å². The Labute approximate surface area is 155 Å². The molecule has 1 aliphatic carbocycles. The standard InChI is InChI=1S/C22H15N3O2/c26-25(27)18-11-6-8-16(13-18)22-20-14-15-7-4-5-12-19(15)21(20)23-24(22)17-9-2-1-3-10-17/h1-13H,14H2. The van der Waals surface area contributed by atoms with Gasteiger partial charge >= 0.3 is 0 Å². The first-order chi connectivity index (χ1) is 13.2. The number of rotatable bonds is 3. The lowest BCUT2D eigenvalue weighted by Gasteiger charge is -2.10. The smallest absolute Gasteiger partial charge is 0.258 e. The zero-order chi connectivity index (χ0) is 18.4. The zero-order valence-electron chi connectivity index (χ0n) is 14.4. The second-order valence-electron chi connectivity index (χ2n) is 6.56. The summed E-state index contributed by atoms with van der Waals surface area (Å²) >= 11 is 0. The van der Waals surface area contributed by atoms with Crippen LogP contribution in [0.25, 0.3) is 28.2 Å². The van der Waals surface area contributed by atoms with Crippen molar-refractivity contribution < 1.29 is 4.92 Å². The summed E-state index contributed by atoms with van der Waals surface area (Å²) in [4.78, 5) is 10.9. The molecular weight excluding hydrogens is 338 g/mol. The van der Waals surface area contributed by atoms with Crippen molar-refractivity contribution in [3.05, 3.63) is 100 Å². The Balaban J connectivity index is 1.79. The van der Waals surface area contributed by atoms with Crippen LogP contribution >= 0.6 is 0 Å². The van der Waals surface area contributed by atoms with Gasteiger partial charge in [-0.2, -0.15) is 5.10 Å². The van der Waals surface area contributed by atoms with Gasteiger partial charge < -0.3 is 0 Å². The highest BCUT2D eigenvalue weighted by Gasteiger charge is 2.28. The Morgan fingerprint density at radius 2 is 1.70 bits per heavy atom. The van der Waals surface area contributed by atoms with Gasteiger partial charge in [-0.25, -0.2) is 4.68 Å². The number of hydrogen-bond acceptors (Lipinski definition) is 3. The van der Waals surface area contributed by atoms with Crippen LogP contribution in [-0.4, -0.2) is 14.7 Å². The van der Waals surface area contributed by atoms with E-state index in [4.69, 9.17) is 5.10 Å². The molecule has 1 aromatic heterocycles. The number of benzene rings is 3. The Bertz CT molecular complexity index is 1180. The molecule has 27 heavy (non-hydrogen) atoms. The first-order valence-electron chi connectivity index (χ1n) is 8.73.